The number of rotatable bonds is 2. The van der Waals surface area contributed by atoms with E-state index in [0.29, 0.717) is 16.8 Å². The number of hydrogen-bond acceptors (Lipinski definition) is 1. The van der Waals surface area contributed by atoms with Gasteiger partial charge in [-0.2, -0.15) is 0 Å². The number of nitrogens with zero attached hydrogens (tertiary/aromatic N) is 1. The van der Waals surface area contributed by atoms with Crippen LogP contribution in [0.1, 0.15) is 11.1 Å². The van der Waals surface area contributed by atoms with E-state index in [2.05, 4.69) is 4.98 Å². The van der Waals surface area contributed by atoms with Gasteiger partial charge in [-0.25, -0.2) is 8.78 Å². The molecule has 0 amide bonds. The van der Waals surface area contributed by atoms with Gasteiger partial charge >= 0.3 is 0 Å². The number of fused-ring (bicyclic) bond motifs is 1. The molecular formula is C15H12F2N2S. The van der Waals surface area contributed by atoms with Crippen molar-refractivity contribution in [3.05, 3.63) is 63.9 Å². The van der Waals surface area contributed by atoms with Crippen LogP contribution in [0.3, 0.4) is 0 Å². The fourth-order valence-corrected chi connectivity index (χ4v) is 2.48. The second-order valence-electron chi connectivity index (χ2n) is 4.78. The standard InChI is InChI=1S/C15H12F2N2S/c1-9-2-4-10(5-3-9)8-19-13-7-11(16)6-12(17)14(13)18-15(19)20/h2-7H,8H2,1H3,(H,18,20). The molecule has 0 aliphatic heterocycles. The molecular weight excluding hydrogens is 278 g/mol. The second-order valence-corrected chi connectivity index (χ2v) is 5.17. The molecule has 102 valence electrons. The van der Waals surface area contributed by atoms with E-state index in [0.717, 1.165) is 17.2 Å². The molecule has 0 bridgehead atoms. The normalized spacial score (nSPS) is 11.2. The van der Waals surface area contributed by atoms with Gasteiger partial charge in [-0.3, -0.25) is 0 Å². The highest BCUT2D eigenvalue weighted by Gasteiger charge is 2.11. The zero-order valence-electron chi connectivity index (χ0n) is 10.8. The van der Waals surface area contributed by atoms with E-state index < -0.39 is 11.6 Å². The van der Waals surface area contributed by atoms with E-state index in [1.54, 1.807) is 4.57 Å². The maximum Gasteiger partial charge on any atom is 0.178 e. The maximum atomic E-state index is 13.7. The summed E-state index contributed by atoms with van der Waals surface area (Å²) in [7, 11) is 0. The summed E-state index contributed by atoms with van der Waals surface area (Å²) in [4.78, 5) is 2.79. The first kappa shape index (κ1) is 13.0. The van der Waals surface area contributed by atoms with Gasteiger partial charge < -0.3 is 9.55 Å². The lowest BCUT2D eigenvalue weighted by Gasteiger charge is -2.05. The monoisotopic (exact) mass is 290 g/mol. The Morgan fingerprint density at radius 3 is 2.55 bits per heavy atom. The molecule has 0 saturated carbocycles. The minimum atomic E-state index is -0.631. The van der Waals surface area contributed by atoms with Gasteiger partial charge in [-0.1, -0.05) is 29.8 Å². The van der Waals surface area contributed by atoms with Crippen molar-refractivity contribution in [3.63, 3.8) is 0 Å². The van der Waals surface area contributed by atoms with E-state index in [1.165, 1.54) is 6.07 Å². The molecule has 0 aliphatic carbocycles. The van der Waals surface area contributed by atoms with Gasteiger partial charge in [0.15, 0.2) is 10.6 Å². The molecule has 1 aromatic heterocycles. The highest BCUT2D eigenvalue weighted by atomic mass is 32.1. The number of H-pyrrole nitrogens is 1. The largest absolute Gasteiger partial charge is 0.328 e. The number of benzene rings is 2. The highest BCUT2D eigenvalue weighted by molar-refractivity contribution is 7.71. The maximum absolute atomic E-state index is 13.7. The fourth-order valence-electron chi connectivity index (χ4n) is 2.21. The van der Waals surface area contributed by atoms with Crippen molar-refractivity contribution < 1.29 is 8.78 Å². The molecule has 1 N–H and O–H groups in total. The average Bonchev–Trinajstić information content (AvgIpc) is 2.70. The third-order valence-corrected chi connectivity index (χ3v) is 3.59. The predicted octanol–water partition coefficient (Wildman–Crippen LogP) is 4.33. The van der Waals surface area contributed by atoms with E-state index in [4.69, 9.17) is 12.2 Å². The molecule has 0 spiro atoms. The first-order chi connectivity index (χ1) is 9.54. The molecule has 2 nitrogen and oxygen atoms in total. The molecule has 0 unspecified atom stereocenters. The lowest BCUT2D eigenvalue weighted by molar-refractivity contribution is 0.590. The lowest BCUT2D eigenvalue weighted by Crippen LogP contribution is -2.00. The number of aryl methyl sites for hydroxylation is 1. The van der Waals surface area contributed by atoms with E-state index in [9.17, 15) is 8.78 Å². The second kappa shape index (κ2) is 4.83. The zero-order valence-corrected chi connectivity index (χ0v) is 11.6. The van der Waals surface area contributed by atoms with Crippen LogP contribution in [0.2, 0.25) is 0 Å². The van der Waals surface area contributed by atoms with Crippen molar-refractivity contribution in [1.82, 2.24) is 9.55 Å². The van der Waals surface area contributed by atoms with Crippen molar-refractivity contribution in [1.29, 1.82) is 0 Å². The van der Waals surface area contributed by atoms with Gasteiger partial charge in [0.05, 0.1) is 12.1 Å². The fraction of sp³-hybridized carbons (Fsp3) is 0.133. The Hall–Kier alpha value is -2.01. The van der Waals surface area contributed by atoms with Crippen molar-refractivity contribution in [2.75, 3.05) is 0 Å². The van der Waals surface area contributed by atoms with E-state index in [1.807, 2.05) is 31.2 Å². The number of aromatic nitrogens is 2. The molecule has 3 aromatic rings. The van der Waals surface area contributed by atoms with Gasteiger partial charge in [0.25, 0.3) is 0 Å². The third kappa shape index (κ3) is 2.25. The van der Waals surface area contributed by atoms with Gasteiger partial charge in [-0.15, -0.1) is 0 Å². The number of imidazole rings is 1. The Labute approximate surface area is 119 Å². The Morgan fingerprint density at radius 1 is 1.15 bits per heavy atom. The molecule has 0 atom stereocenters. The lowest BCUT2D eigenvalue weighted by atomic mass is 10.1. The van der Waals surface area contributed by atoms with Crippen LogP contribution in [0.5, 0.6) is 0 Å². The number of aromatic amines is 1. The molecule has 0 saturated heterocycles. The quantitative estimate of drug-likeness (QED) is 0.697. The van der Waals surface area contributed by atoms with Gasteiger partial charge in [0.2, 0.25) is 0 Å². The molecule has 5 heteroatoms. The zero-order chi connectivity index (χ0) is 14.3. The van der Waals surface area contributed by atoms with Crippen LogP contribution in [-0.4, -0.2) is 9.55 Å². The first-order valence-corrected chi connectivity index (χ1v) is 6.58. The minimum absolute atomic E-state index is 0.239. The molecule has 0 fully saturated rings. The van der Waals surface area contributed by atoms with Crippen LogP contribution in [-0.2, 0) is 6.54 Å². The molecule has 3 rings (SSSR count). The highest BCUT2D eigenvalue weighted by Crippen LogP contribution is 2.20. The molecule has 0 aliphatic rings. The topological polar surface area (TPSA) is 20.7 Å². The summed E-state index contributed by atoms with van der Waals surface area (Å²) in [5.74, 6) is -1.24. The van der Waals surface area contributed by atoms with E-state index >= 15 is 0 Å². The molecule has 2 aromatic carbocycles. The van der Waals surface area contributed by atoms with Crippen molar-refractivity contribution in [2.45, 2.75) is 13.5 Å². The summed E-state index contributed by atoms with van der Waals surface area (Å²) in [5, 5.41) is 0. The minimum Gasteiger partial charge on any atom is -0.328 e. The van der Waals surface area contributed by atoms with E-state index in [-0.39, 0.29) is 5.52 Å². The summed E-state index contributed by atoms with van der Waals surface area (Å²) in [6, 6.07) is 10.1. The molecule has 0 radical (unpaired) electrons. The summed E-state index contributed by atoms with van der Waals surface area (Å²) >= 11 is 5.20. The Kier molecular flexibility index (Phi) is 3.14. The third-order valence-electron chi connectivity index (χ3n) is 3.26. The van der Waals surface area contributed by atoms with Gasteiger partial charge in [0.1, 0.15) is 11.3 Å². The summed E-state index contributed by atoms with van der Waals surface area (Å²) in [6.07, 6.45) is 0. The van der Waals surface area contributed by atoms with Gasteiger partial charge in [0, 0.05) is 6.07 Å². The van der Waals surface area contributed by atoms with Gasteiger partial charge in [-0.05, 0) is 30.8 Å². The van der Waals surface area contributed by atoms with Crippen LogP contribution < -0.4 is 0 Å². The predicted molar refractivity (Wildman–Crippen MR) is 77.3 cm³/mol. The van der Waals surface area contributed by atoms with Crippen LogP contribution in [0.15, 0.2) is 36.4 Å². The molecule has 20 heavy (non-hydrogen) atoms. The number of nitrogens with one attached hydrogen (secondary N) is 1. The SMILES string of the molecule is Cc1ccc(Cn2c(=S)[nH]c3c(F)cc(F)cc32)cc1. The van der Waals surface area contributed by atoms with Crippen LogP contribution >= 0.6 is 12.2 Å². The van der Waals surface area contributed by atoms with Crippen LogP contribution in [0, 0.1) is 23.3 Å². The van der Waals surface area contributed by atoms with Crippen molar-refractivity contribution >= 4 is 23.3 Å². The number of hydrogen-bond donors (Lipinski definition) is 1. The summed E-state index contributed by atoms with van der Waals surface area (Å²) in [6.45, 7) is 2.48. The summed E-state index contributed by atoms with van der Waals surface area (Å²) < 4.78 is 29.2. The Bertz CT molecular complexity index is 831. The van der Waals surface area contributed by atoms with Crippen molar-refractivity contribution in [3.8, 4) is 0 Å². The smallest absolute Gasteiger partial charge is 0.178 e. The van der Waals surface area contributed by atoms with Crippen LogP contribution in [0.4, 0.5) is 8.78 Å². The number of halogens is 2. The Morgan fingerprint density at radius 2 is 1.85 bits per heavy atom. The Balaban J connectivity index is 2.13. The first-order valence-electron chi connectivity index (χ1n) is 6.18. The molecule has 1 heterocycles. The average molecular weight is 290 g/mol. The summed E-state index contributed by atoms with van der Waals surface area (Å²) in [5.41, 5.74) is 2.86. The van der Waals surface area contributed by atoms with Crippen LogP contribution in [0.25, 0.3) is 11.0 Å². The van der Waals surface area contributed by atoms with Crippen molar-refractivity contribution in [2.24, 2.45) is 0 Å².